The van der Waals surface area contributed by atoms with Crippen LogP contribution in [0.3, 0.4) is 0 Å². The summed E-state index contributed by atoms with van der Waals surface area (Å²) in [5, 5.41) is 7.95. The molecule has 0 spiro atoms. The molecular formula is C20H21N5O3. The van der Waals surface area contributed by atoms with Gasteiger partial charge in [0.2, 0.25) is 5.91 Å². The van der Waals surface area contributed by atoms with Crippen LogP contribution >= 0.6 is 0 Å². The first-order valence-electron chi connectivity index (χ1n) is 9.15. The maximum Gasteiger partial charge on any atom is 0.255 e. The Balaban J connectivity index is 1.42. The molecule has 1 saturated heterocycles. The molecule has 8 nitrogen and oxygen atoms in total. The van der Waals surface area contributed by atoms with Crippen LogP contribution in [0.15, 0.2) is 42.9 Å². The minimum absolute atomic E-state index is 0.0122. The zero-order valence-corrected chi connectivity index (χ0v) is 15.6. The lowest BCUT2D eigenvalue weighted by atomic mass is 10.1. The van der Waals surface area contributed by atoms with Crippen molar-refractivity contribution in [3.63, 3.8) is 0 Å². The van der Waals surface area contributed by atoms with E-state index in [4.69, 9.17) is 4.74 Å². The Morgan fingerprint density at radius 1 is 1.21 bits per heavy atom. The van der Waals surface area contributed by atoms with Gasteiger partial charge >= 0.3 is 0 Å². The molecule has 0 unspecified atom stereocenters. The number of pyridine rings is 1. The third-order valence-corrected chi connectivity index (χ3v) is 4.77. The summed E-state index contributed by atoms with van der Waals surface area (Å²) < 4.78 is 6.79. The van der Waals surface area contributed by atoms with Crippen molar-refractivity contribution in [2.24, 2.45) is 0 Å². The Morgan fingerprint density at radius 3 is 2.86 bits per heavy atom. The molecule has 0 radical (unpaired) electrons. The molecule has 8 heteroatoms. The fourth-order valence-corrected chi connectivity index (χ4v) is 3.19. The average molecular weight is 379 g/mol. The quantitative estimate of drug-likeness (QED) is 0.747. The van der Waals surface area contributed by atoms with E-state index in [-0.39, 0.29) is 18.4 Å². The van der Waals surface area contributed by atoms with Gasteiger partial charge in [0.1, 0.15) is 6.54 Å². The monoisotopic (exact) mass is 379 g/mol. The van der Waals surface area contributed by atoms with Crippen molar-refractivity contribution in [1.29, 1.82) is 0 Å². The van der Waals surface area contributed by atoms with Gasteiger partial charge in [-0.25, -0.2) is 0 Å². The van der Waals surface area contributed by atoms with Gasteiger partial charge in [-0.15, -0.1) is 0 Å². The number of aryl methyl sites for hydroxylation is 1. The highest BCUT2D eigenvalue weighted by atomic mass is 16.5. The fraction of sp³-hybridized carbons (Fsp3) is 0.300. The maximum absolute atomic E-state index is 12.6. The summed E-state index contributed by atoms with van der Waals surface area (Å²) in [7, 11) is 0. The van der Waals surface area contributed by atoms with Crippen molar-refractivity contribution in [1.82, 2.24) is 19.7 Å². The van der Waals surface area contributed by atoms with Gasteiger partial charge in [-0.1, -0.05) is 0 Å². The van der Waals surface area contributed by atoms with Crippen molar-refractivity contribution in [3.8, 4) is 0 Å². The van der Waals surface area contributed by atoms with E-state index in [2.05, 4.69) is 15.4 Å². The van der Waals surface area contributed by atoms with Gasteiger partial charge in [0, 0.05) is 36.4 Å². The molecule has 1 aliphatic rings. The number of carbonyl (C=O) groups is 2. The Hall–Kier alpha value is -3.26. The lowest BCUT2D eigenvalue weighted by Crippen LogP contribution is -2.42. The van der Waals surface area contributed by atoms with Crippen LogP contribution in [-0.4, -0.2) is 57.8 Å². The zero-order chi connectivity index (χ0) is 19.5. The normalized spacial score (nSPS) is 14.2. The van der Waals surface area contributed by atoms with E-state index >= 15 is 0 Å². The summed E-state index contributed by atoms with van der Waals surface area (Å²) in [6.45, 7) is 4.44. The molecular weight excluding hydrogens is 358 g/mol. The number of hydrogen-bond donors (Lipinski definition) is 1. The lowest BCUT2D eigenvalue weighted by Gasteiger charge is -2.26. The third kappa shape index (κ3) is 3.86. The smallest absolute Gasteiger partial charge is 0.255 e. The predicted octanol–water partition coefficient (Wildman–Crippen LogP) is 1.85. The number of benzene rings is 1. The summed E-state index contributed by atoms with van der Waals surface area (Å²) in [5.74, 6) is -0.244. The average Bonchev–Trinajstić information content (AvgIpc) is 3.15. The second kappa shape index (κ2) is 7.77. The second-order valence-electron chi connectivity index (χ2n) is 6.73. The van der Waals surface area contributed by atoms with Gasteiger partial charge in [0.15, 0.2) is 0 Å². The fourth-order valence-electron chi connectivity index (χ4n) is 3.19. The van der Waals surface area contributed by atoms with Gasteiger partial charge in [0.25, 0.3) is 5.91 Å². The number of nitrogens with one attached hydrogen (secondary N) is 1. The first-order valence-corrected chi connectivity index (χ1v) is 9.15. The highest BCUT2D eigenvalue weighted by Gasteiger charge is 2.17. The Morgan fingerprint density at radius 2 is 2.04 bits per heavy atom. The molecule has 3 aromatic rings. The summed E-state index contributed by atoms with van der Waals surface area (Å²) in [6.07, 6.45) is 4.95. The standard InChI is InChI=1S/C20H21N5O3/c1-14-4-5-21-18-3-2-15(10-17(14)18)20(27)23-16-11-22-25(12-16)13-19(26)24-6-8-28-9-7-24/h2-5,10-12H,6-9,13H2,1H3,(H,23,27). The van der Waals surface area contributed by atoms with Crippen molar-refractivity contribution < 1.29 is 14.3 Å². The maximum atomic E-state index is 12.6. The highest BCUT2D eigenvalue weighted by Crippen LogP contribution is 2.18. The van der Waals surface area contributed by atoms with Crippen LogP contribution in [0.2, 0.25) is 0 Å². The molecule has 2 aromatic heterocycles. The largest absolute Gasteiger partial charge is 0.378 e. The Bertz CT molecular complexity index is 1020. The lowest BCUT2D eigenvalue weighted by molar-refractivity contribution is -0.136. The molecule has 1 fully saturated rings. The number of ether oxygens (including phenoxy) is 1. The van der Waals surface area contributed by atoms with Gasteiger partial charge in [0.05, 0.1) is 30.6 Å². The molecule has 1 aromatic carbocycles. The predicted molar refractivity (Wildman–Crippen MR) is 104 cm³/mol. The van der Waals surface area contributed by atoms with E-state index < -0.39 is 0 Å². The van der Waals surface area contributed by atoms with Crippen molar-refractivity contribution in [2.75, 3.05) is 31.6 Å². The molecule has 0 bridgehead atoms. The minimum atomic E-state index is -0.232. The number of rotatable bonds is 4. The van der Waals surface area contributed by atoms with Crippen LogP contribution in [0.1, 0.15) is 15.9 Å². The first kappa shape index (κ1) is 18.1. The van der Waals surface area contributed by atoms with E-state index in [1.54, 1.807) is 29.6 Å². The van der Waals surface area contributed by atoms with Gasteiger partial charge in [-0.2, -0.15) is 5.10 Å². The number of anilines is 1. The van der Waals surface area contributed by atoms with E-state index in [1.165, 1.54) is 4.68 Å². The van der Waals surface area contributed by atoms with Crippen LogP contribution in [0, 0.1) is 6.92 Å². The van der Waals surface area contributed by atoms with Crippen LogP contribution in [0.25, 0.3) is 10.9 Å². The van der Waals surface area contributed by atoms with Crippen LogP contribution in [0.4, 0.5) is 5.69 Å². The molecule has 0 atom stereocenters. The van der Waals surface area contributed by atoms with E-state index in [9.17, 15) is 9.59 Å². The van der Waals surface area contributed by atoms with E-state index in [0.29, 0.717) is 37.6 Å². The topological polar surface area (TPSA) is 89.3 Å². The van der Waals surface area contributed by atoms with Crippen molar-refractivity contribution in [2.45, 2.75) is 13.5 Å². The number of aromatic nitrogens is 3. The molecule has 1 aliphatic heterocycles. The summed E-state index contributed by atoms with van der Waals surface area (Å²) in [4.78, 5) is 30.9. The first-order chi connectivity index (χ1) is 13.6. The molecule has 2 amide bonds. The summed E-state index contributed by atoms with van der Waals surface area (Å²) in [6, 6.07) is 7.33. The summed E-state index contributed by atoms with van der Waals surface area (Å²) in [5.41, 5.74) is 3.00. The summed E-state index contributed by atoms with van der Waals surface area (Å²) >= 11 is 0. The molecule has 3 heterocycles. The number of amides is 2. The van der Waals surface area contributed by atoms with E-state index in [1.807, 2.05) is 25.1 Å². The number of carbonyl (C=O) groups excluding carboxylic acids is 2. The van der Waals surface area contributed by atoms with Crippen molar-refractivity contribution in [3.05, 3.63) is 54.0 Å². The molecule has 0 aliphatic carbocycles. The highest BCUT2D eigenvalue weighted by molar-refractivity contribution is 6.06. The van der Waals surface area contributed by atoms with E-state index in [0.717, 1.165) is 16.5 Å². The van der Waals surface area contributed by atoms with Crippen molar-refractivity contribution >= 4 is 28.4 Å². The number of fused-ring (bicyclic) bond motifs is 1. The molecule has 4 rings (SSSR count). The number of nitrogens with zero attached hydrogens (tertiary/aromatic N) is 4. The molecule has 0 saturated carbocycles. The Labute approximate surface area is 162 Å². The van der Waals surface area contributed by atoms with Gasteiger partial charge < -0.3 is 15.0 Å². The molecule has 28 heavy (non-hydrogen) atoms. The molecule has 1 N–H and O–H groups in total. The van der Waals surface area contributed by atoms with Crippen LogP contribution in [-0.2, 0) is 16.1 Å². The van der Waals surface area contributed by atoms with Gasteiger partial charge in [-0.3, -0.25) is 19.3 Å². The van der Waals surface area contributed by atoms with Gasteiger partial charge in [-0.05, 0) is 36.8 Å². The SMILES string of the molecule is Cc1ccnc2ccc(C(=O)Nc3cnn(CC(=O)N4CCOCC4)c3)cc12. The third-order valence-electron chi connectivity index (χ3n) is 4.77. The second-order valence-corrected chi connectivity index (χ2v) is 6.73. The molecule has 144 valence electrons. The Kier molecular flexibility index (Phi) is 5.03. The minimum Gasteiger partial charge on any atom is -0.378 e. The number of morpholine rings is 1. The zero-order valence-electron chi connectivity index (χ0n) is 15.6. The van der Waals surface area contributed by atoms with Crippen LogP contribution in [0.5, 0.6) is 0 Å². The number of hydrogen-bond acceptors (Lipinski definition) is 5. The van der Waals surface area contributed by atoms with Crippen LogP contribution < -0.4 is 5.32 Å².